The van der Waals surface area contributed by atoms with Gasteiger partial charge in [0.2, 0.25) is 0 Å². The minimum Gasteiger partial charge on any atom is -0.438 e. The maximum absolute atomic E-state index is 10.9. The van der Waals surface area contributed by atoms with Crippen LogP contribution in [0.5, 0.6) is 0 Å². The van der Waals surface area contributed by atoms with Gasteiger partial charge >= 0.3 is 6.16 Å². The number of rotatable bonds is 2. The second-order valence-corrected chi connectivity index (χ2v) is 3.31. The van der Waals surface area contributed by atoms with Crippen LogP contribution in [-0.4, -0.2) is 18.2 Å². The molecule has 0 aromatic carbocycles. The fourth-order valence-electron chi connectivity index (χ4n) is 1.03. The highest BCUT2D eigenvalue weighted by Gasteiger charge is 2.25. The van der Waals surface area contributed by atoms with Crippen LogP contribution < -0.4 is 0 Å². The first kappa shape index (κ1) is 10.5. The summed E-state index contributed by atoms with van der Waals surface area (Å²) in [7, 11) is 1.28. The molecule has 14 heavy (non-hydrogen) atoms. The molecule has 0 spiro atoms. The molecular formula is C10H13NO3. The topological polar surface area (TPSA) is 48.4 Å². The largest absolute Gasteiger partial charge is 0.508 e. The van der Waals surface area contributed by atoms with E-state index in [4.69, 9.17) is 4.74 Å². The summed E-state index contributed by atoms with van der Waals surface area (Å²) >= 11 is 0. The molecular weight excluding hydrogens is 182 g/mol. The summed E-state index contributed by atoms with van der Waals surface area (Å²) in [4.78, 5) is 14.9. The Bertz CT molecular complexity index is 308. The van der Waals surface area contributed by atoms with Crippen molar-refractivity contribution in [3.05, 3.63) is 30.1 Å². The molecule has 0 fully saturated rings. The molecule has 0 aliphatic carbocycles. The van der Waals surface area contributed by atoms with Crippen LogP contribution in [0.25, 0.3) is 0 Å². The number of nitrogens with zero attached hydrogens (tertiary/aromatic N) is 1. The van der Waals surface area contributed by atoms with E-state index in [0.717, 1.165) is 5.56 Å². The SMILES string of the molecule is COC(=O)OC(C)(C)c1cccnc1. The van der Waals surface area contributed by atoms with Gasteiger partial charge in [-0.3, -0.25) is 4.98 Å². The number of carbonyl (C=O) groups excluding carboxylic acids is 1. The lowest BCUT2D eigenvalue weighted by Gasteiger charge is -2.23. The van der Waals surface area contributed by atoms with Gasteiger partial charge in [-0.05, 0) is 19.9 Å². The highest BCUT2D eigenvalue weighted by Crippen LogP contribution is 2.23. The van der Waals surface area contributed by atoms with E-state index in [-0.39, 0.29) is 0 Å². The zero-order valence-corrected chi connectivity index (χ0v) is 8.48. The first-order valence-corrected chi connectivity index (χ1v) is 4.24. The van der Waals surface area contributed by atoms with Gasteiger partial charge in [-0.1, -0.05) is 6.07 Å². The molecule has 1 aromatic rings. The zero-order valence-electron chi connectivity index (χ0n) is 8.48. The summed E-state index contributed by atoms with van der Waals surface area (Å²) in [5.74, 6) is 0. The van der Waals surface area contributed by atoms with E-state index in [0.29, 0.717) is 0 Å². The lowest BCUT2D eigenvalue weighted by atomic mass is 10.0. The lowest BCUT2D eigenvalue weighted by molar-refractivity contribution is -0.00972. The summed E-state index contributed by atoms with van der Waals surface area (Å²) in [6.45, 7) is 3.56. The Kier molecular flexibility index (Phi) is 3.06. The standard InChI is InChI=1S/C10H13NO3/c1-10(2,14-9(12)13-3)8-5-4-6-11-7-8/h4-7H,1-3H3. The predicted molar refractivity (Wildman–Crippen MR) is 50.8 cm³/mol. The lowest BCUT2D eigenvalue weighted by Crippen LogP contribution is -2.25. The maximum Gasteiger partial charge on any atom is 0.508 e. The summed E-state index contributed by atoms with van der Waals surface area (Å²) in [5, 5.41) is 0. The van der Waals surface area contributed by atoms with Gasteiger partial charge in [0.1, 0.15) is 5.60 Å². The van der Waals surface area contributed by atoms with Gasteiger partial charge in [0.25, 0.3) is 0 Å². The minimum atomic E-state index is -0.721. The molecule has 76 valence electrons. The van der Waals surface area contributed by atoms with Crippen LogP contribution in [0.3, 0.4) is 0 Å². The van der Waals surface area contributed by atoms with Crippen molar-refractivity contribution in [2.45, 2.75) is 19.4 Å². The molecule has 0 amide bonds. The molecule has 1 heterocycles. The highest BCUT2D eigenvalue weighted by atomic mass is 16.7. The first-order valence-electron chi connectivity index (χ1n) is 4.24. The predicted octanol–water partition coefficient (Wildman–Crippen LogP) is 2.10. The van der Waals surface area contributed by atoms with Crippen molar-refractivity contribution in [1.29, 1.82) is 0 Å². The van der Waals surface area contributed by atoms with E-state index in [9.17, 15) is 4.79 Å². The Hall–Kier alpha value is -1.58. The normalized spacial score (nSPS) is 10.8. The smallest absolute Gasteiger partial charge is 0.438 e. The number of methoxy groups -OCH3 is 1. The molecule has 0 radical (unpaired) electrons. The number of pyridine rings is 1. The van der Waals surface area contributed by atoms with Crippen LogP contribution in [0.15, 0.2) is 24.5 Å². The Morgan fingerprint density at radius 2 is 2.21 bits per heavy atom. The van der Waals surface area contributed by atoms with Crippen molar-refractivity contribution < 1.29 is 14.3 Å². The van der Waals surface area contributed by atoms with Crippen molar-refractivity contribution in [3.8, 4) is 0 Å². The third-order valence-corrected chi connectivity index (χ3v) is 1.86. The summed E-state index contributed by atoms with van der Waals surface area (Å²) in [6.07, 6.45) is 2.62. The van der Waals surface area contributed by atoms with Gasteiger partial charge in [0.05, 0.1) is 7.11 Å². The number of carbonyl (C=O) groups is 1. The Labute approximate surface area is 82.9 Å². The van der Waals surface area contributed by atoms with Gasteiger partial charge in [0.15, 0.2) is 0 Å². The second kappa shape index (κ2) is 4.09. The minimum absolute atomic E-state index is 0.696. The van der Waals surface area contributed by atoms with Gasteiger partial charge in [-0.2, -0.15) is 0 Å². The molecule has 4 nitrogen and oxygen atoms in total. The summed E-state index contributed by atoms with van der Waals surface area (Å²) in [5.41, 5.74) is 0.104. The second-order valence-electron chi connectivity index (χ2n) is 3.31. The van der Waals surface area contributed by atoms with Crippen molar-refractivity contribution in [2.24, 2.45) is 0 Å². The van der Waals surface area contributed by atoms with Crippen molar-refractivity contribution in [1.82, 2.24) is 4.98 Å². The fraction of sp³-hybridized carbons (Fsp3) is 0.400. The molecule has 0 unspecified atom stereocenters. The van der Waals surface area contributed by atoms with E-state index < -0.39 is 11.8 Å². The average molecular weight is 195 g/mol. The van der Waals surface area contributed by atoms with Crippen LogP contribution in [0.4, 0.5) is 4.79 Å². The van der Waals surface area contributed by atoms with Crippen LogP contribution in [0.1, 0.15) is 19.4 Å². The monoisotopic (exact) mass is 195 g/mol. The number of aromatic nitrogens is 1. The van der Waals surface area contributed by atoms with Gasteiger partial charge in [-0.25, -0.2) is 4.79 Å². The molecule has 0 saturated heterocycles. The Balaban J connectivity index is 2.80. The first-order chi connectivity index (χ1) is 6.56. The van der Waals surface area contributed by atoms with E-state index in [1.165, 1.54) is 7.11 Å². The van der Waals surface area contributed by atoms with Crippen molar-refractivity contribution in [2.75, 3.05) is 7.11 Å². The third kappa shape index (κ3) is 2.45. The van der Waals surface area contributed by atoms with Crippen molar-refractivity contribution >= 4 is 6.16 Å². The fourth-order valence-corrected chi connectivity index (χ4v) is 1.03. The summed E-state index contributed by atoms with van der Waals surface area (Å²) in [6, 6.07) is 3.63. The van der Waals surface area contributed by atoms with Crippen molar-refractivity contribution in [3.63, 3.8) is 0 Å². The van der Waals surface area contributed by atoms with Crippen LogP contribution in [0.2, 0.25) is 0 Å². The molecule has 4 heteroatoms. The Morgan fingerprint density at radius 1 is 1.50 bits per heavy atom. The molecule has 0 saturated carbocycles. The molecule has 0 N–H and O–H groups in total. The van der Waals surface area contributed by atoms with Gasteiger partial charge in [-0.15, -0.1) is 0 Å². The third-order valence-electron chi connectivity index (χ3n) is 1.86. The van der Waals surface area contributed by atoms with Gasteiger partial charge in [0, 0.05) is 18.0 Å². The number of hydrogen-bond acceptors (Lipinski definition) is 4. The molecule has 1 aromatic heterocycles. The molecule has 1 rings (SSSR count). The highest BCUT2D eigenvalue weighted by molar-refractivity contribution is 5.60. The average Bonchev–Trinajstić information content (AvgIpc) is 2.18. The zero-order chi connectivity index (χ0) is 10.6. The van der Waals surface area contributed by atoms with E-state index in [2.05, 4.69) is 9.72 Å². The van der Waals surface area contributed by atoms with Gasteiger partial charge < -0.3 is 9.47 Å². The number of ether oxygens (including phenoxy) is 2. The molecule has 0 atom stereocenters. The summed E-state index contributed by atoms with van der Waals surface area (Å²) < 4.78 is 9.50. The van der Waals surface area contributed by atoms with Crippen LogP contribution >= 0.6 is 0 Å². The molecule has 0 bridgehead atoms. The Morgan fingerprint density at radius 3 is 2.71 bits per heavy atom. The quantitative estimate of drug-likeness (QED) is 0.678. The number of hydrogen-bond donors (Lipinski definition) is 0. The van der Waals surface area contributed by atoms with Crippen LogP contribution in [-0.2, 0) is 15.1 Å². The van der Waals surface area contributed by atoms with E-state index >= 15 is 0 Å². The van der Waals surface area contributed by atoms with E-state index in [1.54, 1.807) is 32.3 Å². The molecule has 0 aliphatic rings. The van der Waals surface area contributed by atoms with Crippen LogP contribution in [0, 0.1) is 0 Å². The molecule has 0 aliphatic heterocycles. The van der Waals surface area contributed by atoms with E-state index in [1.807, 2.05) is 6.07 Å². The maximum atomic E-state index is 10.9.